The van der Waals surface area contributed by atoms with E-state index in [1.165, 1.54) is 12.1 Å². The van der Waals surface area contributed by atoms with Crippen molar-refractivity contribution in [3.63, 3.8) is 0 Å². The first-order valence-corrected chi connectivity index (χ1v) is 8.77. The van der Waals surface area contributed by atoms with Crippen molar-refractivity contribution in [2.24, 2.45) is 0 Å². The molecule has 6 nitrogen and oxygen atoms in total. The number of non-ortho nitro benzene ring substituents is 1. The van der Waals surface area contributed by atoms with Crippen molar-refractivity contribution in [2.45, 2.75) is 11.3 Å². The van der Waals surface area contributed by atoms with Crippen LogP contribution in [0.5, 0.6) is 0 Å². The van der Waals surface area contributed by atoms with Gasteiger partial charge in [0.05, 0.1) is 16.4 Å². The van der Waals surface area contributed by atoms with Crippen LogP contribution in [0.3, 0.4) is 0 Å². The number of nitrogens with zero attached hydrogens (tertiary/aromatic N) is 1. The Morgan fingerprint density at radius 1 is 1.14 bits per heavy atom. The Bertz CT molecular complexity index is 756. The highest BCUT2D eigenvalue weighted by Gasteiger charge is 2.11. The monoisotopic (exact) mass is 338 g/mol. The number of anilines is 1. The Kier molecular flexibility index (Phi) is 5.07. The van der Waals surface area contributed by atoms with Crippen LogP contribution in [0.25, 0.3) is 0 Å². The molecule has 0 saturated heterocycles. The molecule has 1 atom stereocenters. The summed E-state index contributed by atoms with van der Waals surface area (Å²) in [5, 5.41) is 10.6. The maximum atomic E-state index is 12.3. The maximum absolute atomic E-state index is 12.3. The van der Waals surface area contributed by atoms with E-state index < -0.39 is 13.7 Å². The summed E-state index contributed by atoms with van der Waals surface area (Å²) in [7, 11) is -3.00. The van der Waals surface area contributed by atoms with Crippen LogP contribution in [0.1, 0.15) is 5.56 Å². The normalized spacial score (nSPS) is 13.5. The van der Waals surface area contributed by atoms with E-state index in [4.69, 9.17) is 21.1 Å². The lowest BCUT2D eigenvalue weighted by molar-refractivity contribution is -0.384. The molecule has 0 amide bonds. The second kappa shape index (κ2) is 6.82. The maximum Gasteiger partial charge on any atom is 0.269 e. The molecule has 2 aromatic carbocycles. The minimum atomic E-state index is -3.00. The van der Waals surface area contributed by atoms with E-state index in [2.05, 4.69) is 0 Å². The molecule has 2 N–H and O–H groups in total. The summed E-state index contributed by atoms with van der Waals surface area (Å²) in [6, 6.07) is 12.5. The molecule has 1 unspecified atom stereocenters. The van der Waals surface area contributed by atoms with Gasteiger partial charge in [0, 0.05) is 29.0 Å². The second-order valence-corrected chi connectivity index (χ2v) is 7.45. The Balaban J connectivity index is 1.95. The lowest BCUT2D eigenvalue weighted by atomic mass is 10.1. The molecule has 0 bridgehead atoms. The van der Waals surface area contributed by atoms with Crippen LogP contribution in [-0.2, 0) is 30.6 Å². The van der Waals surface area contributed by atoms with Crippen molar-refractivity contribution in [3.05, 3.63) is 64.2 Å². The average molecular weight is 338 g/mol. The van der Waals surface area contributed by atoms with Gasteiger partial charge in [-0.15, -0.1) is 0 Å². The van der Waals surface area contributed by atoms with Crippen LogP contribution in [0.15, 0.2) is 53.4 Å². The number of hydrogen-bond donors (Lipinski definition) is 1. The van der Waals surface area contributed by atoms with Crippen molar-refractivity contribution < 1.29 is 13.3 Å². The summed E-state index contributed by atoms with van der Waals surface area (Å²) >= 11 is 5.00. The molecule has 0 saturated carbocycles. The highest BCUT2D eigenvalue weighted by molar-refractivity contribution is 8.30. The molecule has 0 aliphatic rings. The molecule has 0 fully saturated rings. The van der Waals surface area contributed by atoms with Crippen LogP contribution in [0.4, 0.5) is 11.4 Å². The smallest absolute Gasteiger partial charge is 0.269 e. The largest absolute Gasteiger partial charge is 0.399 e. The highest BCUT2D eigenvalue weighted by atomic mass is 32.8. The van der Waals surface area contributed by atoms with Crippen molar-refractivity contribution >= 4 is 31.3 Å². The molecule has 2 aromatic rings. The predicted molar refractivity (Wildman–Crippen MR) is 87.4 cm³/mol. The van der Waals surface area contributed by atoms with Gasteiger partial charge in [-0.3, -0.25) is 14.3 Å². The number of hydrogen-bond acceptors (Lipinski definition) is 6. The Hall–Kier alpha value is -2.03. The van der Waals surface area contributed by atoms with Crippen molar-refractivity contribution in [3.8, 4) is 0 Å². The molecule has 0 heterocycles. The fraction of sp³-hybridized carbons (Fsp3) is 0.143. The van der Waals surface area contributed by atoms with E-state index in [1.54, 1.807) is 36.4 Å². The molecule has 0 radical (unpaired) electrons. The van der Waals surface area contributed by atoms with E-state index in [9.17, 15) is 14.3 Å². The Morgan fingerprint density at radius 3 is 2.27 bits per heavy atom. The fourth-order valence-electron chi connectivity index (χ4n) is 1.76. The summed E-state index contributed by atoms with van der Waals surface area (Å²) in [5.41, 5.74) is 6.99. The molecule has 116 valence electrons. The summed E-state index contributed by atoms with van der Waals surface area (Å²) in [6.45, 7) is 0.157. The minimum Gasteiger partial charge on any atom is -0.399 e. The third-order valence-electron chi connectivity index (χ3n) is 2.95. The molecule has 0 aliphatic carbocycles. The van der Waals surface area contributed by atoms with Gasteiger partial charge in [0.15, 0.2) is 8.77 Å². The predicted octanol–water partition coefficient (Wildman–Crippen LogP) is 2.46. The molecule has 2 rings (SSSR count). The molecule has 0 aliphatic heterocycles. The zero-order valence-electron chi connectivity index (χ0n) is 11.5. The first-order valence-electron chi connectivity index (χ1n) is 6.37. The van der Waals surface area contributed by atoms with Gasteiger partial charge < -0.3 is 5.73 Å². The molecular formula is C14H14N2O4S2. The van der Waals surface area contributed by atoms with Crippen molar-refractivity contribution in [2.75, 3.05) is 12.3 Å². The zero-order chi connectivity index (χ0) is 16.2. The number of nitrogen functional groups attached to an aromatic ring is 1. The fourth-order valence-corrected chi connectivity index (χ4v) is 3.20. The quantitative estimate of drug-likeness (QED) is 0.494. The van der Waals surface area contributed by atoms with Gasteiger partial charge in [0.2, 0.25) is 0 Å². The molecular weight excluding hydrogens is 324 g/mol. The number of rotatable bonds is 6. The van der Waals surface area contributed by atoms with E-state index >= 15 is 0 Å². The highest BCUT2D eigenvalue weighted by Crippen LogP contribution is 2.16. The topological polar surface area (TPSA) is 95.5 Å². The van der Waals surface area contributed by atoms with Crippen LogP contribution in [0, 0.1) is 10.1 Å². The van der Waals surface area contributed by atoms with E-state index in [1.807, 2.05) is 0 Å². The number of nitro groups is 1. The van der Waals surface area contributed by atoms with Crippen LogP contribution < -0.4 is 5.73 Å². The van der Waals surface area contributed by atoms with Crippen LogP contribution >= 0.6 is 0 Å². The van der Waals surface area contributed by atoms with E-state index in [-0.39, 0.29) is 12.3 Å². The number of benzene rings is 2. The summed E-state index contributed by atoms with van der Waals surface area (Å²) in [6.07, 6.45) is 0.459. The van der Waals surface area contributed by atoms with Crippen molar-refractivity contribution in [1.29, 1.82) is 0 Å². The molecule has 0 aromatic heterocycles. The number of nitrogens with two attached hydrogens (primary N) is 1. The summed E-state index contributed by atoms with van der Waals surface area (Å²) < 4.78 is 17.6. The standard InChI is InChI=1S/C14H14N2O4S2/c15-12-3-7-14(8-4-12)22(19,21)20-10-9-11-1-5-13(6-2-11)16(17)18/h1-8H,9-10,15H2. The molecule has 22 heavy (non-hydrogen) atoms. The van der Waals surface area contributed by atoms with E-state index in [0.717, 1.165) is 5.56 Å². The van der Waals surface area contributed by atoms with Gasteiger partial charge in [0.25, 0.3) is 5.69 Å². The number of nitro benzene ring substituents is 1. The SMILES string of the molecule is Nc1ccc(S(=O)(=S)OCCc2ccc([N+](=O)[O-])cc2)cc1. The third-order valence-corrected chi connectivity index (χ3v) is 5.14. The van der Waals surface area contributed by atoms with Crippen molar-refractivity contribution in [1.82, 2.24) is 0 Å². The average Bonchev–Trinajstić information content (AvgIpc) is 2.48. The van der Waals surface area contributed by atoms with Gasteiger partial charge in [-0.25, -0.2) is 4.21 Å². The van der Waals surface area contributed by atoms with Crippen LogP contribution in [0.2, 0.25) is 0 Å². The lowest BCUT2D eigenvalue weighted by Crippen LogP contribution is -2.08. The first-order chi connectivity index (χ1) is 10.4. The Morgan fingerprint density at radius 2 is 1.73 bits per heavy atom. The Labute approximate surface area is 132 Å². The van der Waals surface area contributed by atoms with E-state index in [0.29, 0.717) is 17.0 Å². The zero-order valence-corrected chi connectivity index (χ0v) is 13.1. The first kappa shape index (κ1) is 16.3. The minimum absolute atomic E-state index is 0.0265. The molecule has 8 heteroatoms. The van der Waals surface area contributed by atoms with Gasteiger partial charge in [-0.05, 0) is 36.2 Å². The van der Waals surface area contributed by atoms with Gasteiger partial charge in [0.1, 0.15) is 0 Å². The second-order valence-electron chi connectivity index (χ2n) is 4.52. The van der Waals surface area contributed by atoms with Gasteiger partial charge in [-0.2, -0.15) is 0 Å². The van der Waals surface area contributed by atoms with Gasteiger partial charge >= 0.3 is 0 Å². The summed E-state index contributed by atoms with van der Waals surface area (Å²) in [4.78, 5) is 10.5. The lowest BCUT2D eigenvalue weighted by Gasteiger charge is -2.08. The van der Waals surface area contributed by atoms with Crippen LogP contribution in [-0.4, -0.2) is 15.7 Å². The molecule has 0 spiro atoms. The van der Waals surface area contributed by atoms with Gasteiger partial charge in [-0.1, -0.05) is 12.1 Å². The summed E-state index contributed by atoms with van der Waals surface area (Å²) in [5.74, 6) is 0. The third kappa shape index (κ3) is 4.23.